The van der Waals surface area contributed by atoms with E-state index >= 15 is 0 Å². The van der Waals surface area contributed by atoms with Crippen molar-refractivity contribution >= 4 is 28.2 Å². The van der Waals surface area contributed by atoms with Crippen molar-refractivity contribution in [2.75, 3.05) is 32.1 Å². The van der Waals surface area contributed by atoms with E-state index in [1.54, 1.807) is 11.4 Å². The van der Waals surface area contributed by atoms with Crippen molar-refractivity contribution in [3.63, 3.8) is 0 Å². The number of aliphatic hydroxyl groups excluding tert-OH is 1. The Labute approximate surface area is 122 Å². The first-order chi connectivity index (χ1) is 9.54. The lowest BCUT2D eigenvalue weighted by molar-refractivity contribution is -0.117. The maximum atomic E-state index is 11.8. The Bertz CT molecular complexity index is 448. The van der Waals surface area contributed by atoms with Crippen LogP contribution in [-0.2, 0) is 4.79 Å². The summed E-state index contributed by atoms with van der Waals surface area (Å²) in [4.78, 5) is 24.9. The Morgan fingerprint density at radius 2 is 2.15 bits per heavy atom. The van der Waals surface area contributed by atoms with Gasteiger partial charge in [0.1, 0.15) is 5.00 Å². The summed E-state index contributed by atoms with van der Waals surface area (Å²) >= 11 is 1.28. The third kappa shape index (κ3) is 5.68. The second-order valence-corrected chi connectivity index (χ2v) is 5.51. The fourth-order valence-corrected chi connectivity index (χ4v) is 2.57. The minimum absolute atomic E-state index is 0.167. The van der Waals surface area contributed by atoms with E-state index in [-0.39, 0.29) is 19.1 Å². The lowest BCUT2D eigenvalue weighted by atomic mass is 10.2. The molecule has 1 aromatic rings. The van der Waals surface area contributed by atoms with Crippen LogP contribution in [0.15, 0.2) is 11.4 Å². The van der Waals surface area contributed by atoms with Gasteiger partial charge in [-0.05, 0) is 44.3 Å². The number of primary amides is 1. The fraction of sp³-hybridized carbons (Fsp3) is 0.538. The topological polar surface area (TPSA) is 95.7 Å². The van der Waals surface area contributed by atoms with Crippen molar-refractivity contribution in [3.8, 4) is 0 Å². The summed E-state index contributed by atoms with van der Waals surface area (Å²) in [5, 5.41) is 13.6. The predicted molar refractivity (Wildman–Crippen MR) is 79.9 cm³/mol. The zero-order valence-electron chi connectivity index (χ0n) is 11.6. The van der Waals surface area contributed by atoms with Crippen molar-refractivity contribution in [3.05, 3.63) is 17.0 Å². The number of carbonyl (C=O) groups excluding carboxylic acids is 2. The maximum absolute atomic E-state index is 11.8. The van der Waals surface area contributed by atoms with Gasteiger partial charge in [0.2, 0.25) is 5.91 Å². The average Bonchev–Trinajstić information content (AvgIpc) is 2.82. The van der Waals surface area contributed by atoms with Crippen molar-refractivity contribution in [2.24, 2.45) is 5.73 Å². The van der Waals surface area contributed by atoms with Gasteiger partial charge in [0.05, 0.1) is 12.1 Å². The molecule has 0 aliphatic carbocycles. The summed E-state index contributed by atoms with van der Waals surface area (Å²) in [6.45, 7) is 1.26. The van der Waals surface area contributed by atoms with Crippen molar-refractivity contribution in [1.82, 2.24) is 4.90 Å². The first-order valence-corrected chi connectivity index (χ1v) is 7.39. The molecule has 112 valence electrons. The van der Waals surface area contributed by atoms with Gasteiger partial charge in [0, 0.05) is 6.61 Å². The molecule has 6 nitrogen and oxygen atoms in total. The quantitative estimate of drug-likeness (QED) is 0.590. The predicted octanol–water partition coefficient (Wildman–Crippen LogP) is 0.880. The summed E-state index contributed by atoms with van der Waals surface area (Å²) < 4.78 is 0. The Morgan fingerprint density at radius 3 is 2.80 bits per heavy atom. The van der Waals surface area contributed by atoms with Crippen molar-refractivity contribution < 1.29 is 14.7 Å². The SMILES string of the molecule is CN(CCCCCO)CC(=O)Nc1sccc1C(N)=O. The summed E-state index contributed by atoms with van der Waals surface area (Å²) in [6, 6.07) is 1.60. The van der Waals surface area contributed by atoms with E-state index in [1.165, 1.54) is 11.3 Å². The molecule has 7 heteroatoms. The fourth-order valence-electron chi connectivity index (χ4n) is 1.76. The number of thiophene rings is 1. The van der Waals surface area contributed by atoms with Gasteiger partial charge < -0.3 is 16.2 Å². The van der Waals surface area contributed by atoms with Crippen molar-refractivity contribution in [2.45, 2.75) is 19.3 Å². The van der Waals surface area contributed by atoms with Gasteiger partial charge in [-0.3, -0.25) is 14.5 Å². The number of nitrogens with zero attached hydrogens (tertiary/aromatic N) is 1. The van der Waals surface area contributed by atoms with Gasteiger partial charge in [-0.25, -0.2) is 0 Å². The van der Waals surface area contributed by atoms with E-state index in [9.17, 15) is 9.59 Å². The third-order valence-corrected chi connectivity index (χ3v) is 3.62. The van der Waals surface area contributed by atoms with Gasteiger partial charge >= 0.3 is 0 Å². The molecule has 0 spiro atoms. The van der Waals surface area contributed by atoms with E-state index in [1.807, 2.05) is 11.9 Å². The highest BCUT2D eigenvalue weighted by Crippen LogP contribution is 2.22. The molecule has 4 N–H and O–H groups in total. The van der Waals surface area contributed by atoms with E-state index in [4.69, 9.17) is 10.8 Å². The van der Waals surface area contributed by atoms with Crippen LogP contribution in [0.4, 0.5) is 5.00 Å². The number of hydrogen-bond donors (Lipinski definition) is 3. The number of aliphatic hydroxyl groups is 1. The molecule has 0 saturated heterocycles. The van der Waals surface area contributed by atoms with E-state index in [2.05, 4.69) is 5.32 Å². The van der Waals surface area contributed by atoms with Crippen LogP contribution < -0.4 is 11.1 Å². The van der Waals surface area contributed by atoms with Crippen LogP contribution in [0.3, 0.4) is 0 Å². The zero-order valence-corrected chi connectivity index (χ0v) is 12.4. The first kappa shape index (κ1) is 16.6. The number of hydrogen-bond acceptors (Lipinski definition) is 5. The number of amides is 2. The molecule has 0 unspecified atom stereocenters. The number of likely N-dealkylation sites (N-methyl/N-ethyl adjacent to an activating group) is 1. The molecule has 1 aromatic heterocycles. The zero-order chi connectivity index (χ0) is 15.0. The second-order valence-electron chi connectivity index (χ2n) is 4.60. The van der Waals surface area contributed by atoms with Gasteiger partial charge in [-0.2, -0.15) is 0 Å². The first-order valence-electron chi connectivity index (χ1n) is 6.51. The lowest BCUT2D eigenvalue weighted by Gasteiger charge is -2.15. The number of nitrogens with two attached hydrogens (primary N) is 1. The molecule has 0 aliphatic rings. The average molecular weight is 299 g/mol. The molecule has 0 aliphatic heterocycles. The smallest absolute Gasteiger partial charge is 0.251 e. The van der Waals surface area contributed by atoms with E-state index in [0.717, 1.165) is 25.8 Å². The van der Waals surface area contributed by atoms with Crippen LogP contribution in [0, 0.1) is 0 Å². The molecule has 1 heterocycles. The number of carbonyl (C=O) groups is 2. The lowest BCUT2D eigenvalue weighted by Crippen LogP contribution is -2.31. The largest absolute Gasteiger partial charge is 0.396 e. The van der Waals surface area contributed by atoms with Gasteiger partial charge in [0.15, 0.2) is 0 Å². The number of rotatable bonds is 9. The summed E-state index contributed by atoms with van der Waals surface area (Å²) in [5.74, 6) is -0.710. The molecule has 0 fully saturated rings. The molecule has 0 atom stereocenters. The highest BCUT2D eigenvalue weighted by Gasteiger charge is 2.13. The number of unbranched alkanes of at least 4 members (excludes halogenated alkanes) is 2. The molecule has 1 rings (SSSR count). The molecule has 2 amide bonds. The van der Waals surface area contributed by atoms with Crippen molar-refractivity contribution in [1.29, 1.82) is 0 Å². The highest BCUT2D eigenvalue weighted by molar-refractivity contribution is 7.14. The number of nitrogens with one attached hydrogen (secondary N) is 1. The van der Waals surface area contributed by atoms with Crippen LogP contribution in [-0.4, -0.2) is 48.6 Å². The molecular formula is C13H21N3O3S. The Kier molecular flexibility index (Phi) is 7.21. The molecule has 0 saturated carbocycles. The Hall–Kier alpha value is -1.44. The normalized spacial score (nSPS) is 10.8. The minimum atomic E-state index is -0.543. The summed E-state index contributed by atoms with van der Waals surface area (Å²) in [5.41, 5.74) is 5.56. The van der Waals surface area contributed by atoms with Gasteiger partial charge in [-0.15, -0.1) is 11.3 Å². The van der Waals surface area contributed by atoms with Gasteiger partial charge in [0.25, 0.3) is 5.91 Å². The Balaban J connectivity index is 2.35. The molecule has 0 radical (unpaired) electrons. The van der Waals surface area contributed by atoms with E-state index in [0.29, 0.717) is 10.6 Å². The van der Waals surface area contributed by atoms with Crippen LogP contribution >= 0.6 is 11.3 Å². The maximum Gasteiger partial charge on any atom is 0.251 e. The summed E-state index contributed by atoms with van der Waals surface area (Å²) in [6.07, 6.45) is 2.67. The highest BCUT2D eigenvalue weighted by atomic mass is 32.1. The molecule has 20 heavy (non-hydrogen) atoms. The van der Waals surface area contributed by atoms with E-state index < -0.39 is 5.91 Å². The van der Waals surface area contributed by atoms with Crippen LogP contribution in [0.5, 0.6) is 0 Å². The van der Waals surface area contributed by atoms with Crippen LogP contribution in [0.1, 0.15) is 29.6 Å². The minimum Gasteiger partial charge on any atom is -0.396 e. The molecule has 0 aromatic carbocycles. The standard InChI is InChI=1S/C13H21N3O3S/c1-16(6-3-2-4-7-17)9-11(18)15-13-10(12(14)19)5-8-20-13/h5,8,17H,2-4,6-7,9H2,1H3,(H2,14,19)(H,15,18). The molecule has 0 bridgehead atoms. The second kappa shape index (κ2) is 8.68. The summed E-state index contributed by atoms with van der Waals surface area (Å²) in [7, 11) is 1.86. The molecular weight excluding hydrogens is 278 g/mol. The Morgan fingerprint density at radius 1 is 1.40 bits per heavy atom. The van der Waals surface area contributed by atoms with Gasteiger partial charge in [-0.1, -0.05) is 0 Å². The van der Waals surface area contributed by atoms with Crippen LogP contribution in [0.25, 0.3) is 0 Å². The number of anilines is 1. The third-order valence-electron chi connectivity index (χ3n) is 2.80. The monoisotopic (exact) mass is 299 g/mol. The van der Waals surface area contributed by atoms with Crippen LogP contribution in [0.2, 0.25) is 0 Å².